The molecule has 2 aromatic heterocycles. The normalized spacial score (nSPS) is 10.5. The highest BCUT2D eigenvalue weighted by atomic mass is 32.1. The fourth-order valence-corrected chi connectivity index (χ4v) is 2.74. The van der Waals surface area contributed by atoms with E-state index in [1.807, 2.05) is 12.1 Å². The lowest BCUT2D eigenvalue weighted by Gasteiger charge is -2.03. The molecule has 0 aliphatic heterocycles. The number of nitrogens with one attached hydrogen (secondary N) is 1. The first-order valence-corrected chi connectivity index (χ1v) is 7.59. The molecule has 0 spiro atoms. The fraction of sp³-hybridized carbons (Fsp3) is 0.0625. The molecule has 4 nitrogen and oxygen atoms in total. The number of pyridine rings is 1. The molecule has 0 unspecified atom stereocenters. The SMILES string of the molecule is O=C(Cc1cc(F)ccc1F)Nc1nc(-c2ccncc2)cs1. The zero-order valence-corrected chi connectivity index (χ0v) is 12.6. The Morgan fingerprint density at radius 1 is 1.17 bits per heavy atom. The van der Waals surface area contributed by atoms with Gasteiger partial charge < -0.3 is 5.32 Å². The fourth-order valence-electron chi connectivity index (χ4n) is 2.00. The van der Waals surface area contributed by atoms with Crippen molar-refractivity contribution in [3.8, 4) is 11.3 Å². The Hall–Kier alpha value is -2.67. The third kappa shape index (κ3) is 3.75. The van der Waals surface area contributed by atoms with Gasteiger partial charge in [0.1, 0.15) is 11.6 Å². The summed E-state index contributed by atoms with van der Waals surface area (Å²) in [7, 11) is 0. The van der Waals surface area contributed by atoms with Gasteiger partial charge in [0.25, 0.3) is 0 Å². The predicted molar refractivity (Wildman–Crippen MR) is 84.0 cm³/mol. The molecule has 0 aliphatic rings. The van der Waals surface area contributed by atoms with Crippen LogP contribution in [0.1, 0.15) is 5.56 Å². The van der Waals surface area contributed by atoms with Gasteiger partial charge in [-0.3, -0.25) is 9.78 Å². The number of hydrogen-bond donors (Lipinski definition) is 1. The molecule has 0 radical (unpaired) electrons. The monoisotopic (exact) mass is 331 g/mol. The van der Waals surface area contributed by atoms with Crippen LogP contribution in [0.3, 0.4) is 0 Å². The molecule has 0 fully saturated rings. The average Bonchev–Trinajstić information content (AvgIpc) is 3.00. The number of carbonyl (C=O) groups excluding carboxylic acids is 1. The Balaban J connectivity index is 1.69. The van der Waals surface area contributed by atoms with E-state index in [1.165, 1.54) is 11.3 Å². The Morgan fingerprint density at radius 2 is 1.96 bits per heavy atom. The Labute approximate surface area is 134 Å². The Morgan fingerprint density at radius 3 is 2.74 bits per heavy atom. The van der Waals surface area contributed by atoms with Crippen LogP contribution in [0.2, 0.25) is 0 Å². The van der Waals surface area contributed by atoms with E-state index in [9.17, 15) is 13.6 Å². The van der Waals surface area contributed by atoms with Crippen molar-refractivity contribution in [1.82, 2.24) is 9.97 Å². The van der Waals surface area contributed by atoms with Gasteiger partial charge in [0.2, 0.25) is 5.91 Å². The van der Waals surface area contributed by atoms with Gasteiger partial charge in [-0.25, -0.2) is 13.8 Å². The lowest BCUT2D eigenvalue weighted by Crippen LogP contribution is -2.15. The third-order valence-electron chi connectivity index (χ3n) is 3.09. The topological polar surface area (TPSA) is 54.9 Å². The zero-order valence-electron chi connectivity index (χ0n) is 11.8. The second-order valence-corrected chi connectivity index (χ2v) is 5.59. The summed E-state index contributed by atoms with van der Waals surface area (Å²) in [6.45, 7) is 0. The minimum absolute atomic E-state index is 0.00779. The van der Waals surface area contributed by atoms with Gasteiger partial charge in [-0.2, -0.15) is 0 Å². The highest BCUT2D eigenvalue weighted by molar-refractivity contribution is 7.14. The van der Waals surface area contributed by atoms with E-state index in [1.54, 1.807) is 17.8 Å². The van der Waals surface area contributed by atoms with Crippen LogP contribution in [0.5, 0.6) is 0 Å². The molecule has 7 heteroatoms. The molecule has 0 saturated carbocycles. The molecule has 3 rings (SSSR count). The summed E-state index contributed by atoms with van der Waals surface area (Å²) >= 11 is 1.26. The van der Waals surface area contributed by atoms with E-state index in [4.69, 9.17) is 0 Å². The van der Waals surface area contributed by atoms with Gasteiger partial charge in [0.15, 0.2) is 5.13 Å². The number of hydrogen-bond acceptors (Lipinski definition) is 4. The first kappa shape index (κ1) is 15.2. The van der Waals surface area contributed by atoms with Crippen LogP contribution in [0.4, 0.5) is 13.9 Å². The van der Waals surface area contributed by atoms with E-state index >= 15 is 0 Å². The quantitative estimate of drug-likeness (QED) is 0.794. The summed E-state index contributed by atoms with van der Waals surface area (Å²) < 4.78 is 26.6. The predicted octanol–water partition coefficient (Wildman–Crippen LogP) is 3.66. The van der Waals surface area contributed by atoms with Gasteiger partial charge >= 0.3 is 0 Å². The van der Waals surface area contributed by atoms with E-state index in [0.717, 1.165) is 23.8 Å². The lowest BCUT2D eigenvalue weighted by atomic mass is 10.1. The number of rotatable bonds is 4. The van der Waals surface area contributed by atoms with Crippen molar-refractivity contribution in [1.29, 1.82) is 0 Å². The lowest BCUT2D eigenvalue weighted by molar-refractivity contribution is -0.115. The van der Waals surface area contributed by atoms with Gasteiger partial charge in [0, 0.05) is 28.9 Å². The molecule has 1 aromatic carbocycles. The summed E-state index contributed by atoms with van der Waals surface area (Å²) in [6.07, 6.45) is 3.05. The maximum absolute atomic E-state index is 13.5. The van der Waals surface area contributed by atoms with Gasteiger partial charge in [0.05, 0.1) is 12.1 Å². The first-order valence-electron chi connectivity index (χ1n) is 6.71. The first-order chi connectivity index (χ1) is 11.1. The van der Waals surface area contributed by atoms with Crippen molar-refractivity contribution >= 4 is 22.4 Å². The molecule has 3 aromatic rings. The molecular weight excluding hydrogens is 320 g/mol. The summed E-state index contributed by atoms with van der Waals surface area (Å²) in [5.74, 6) is -1.65. The van der Waals surface area contributed by atoms with Crippen LogP contribution in [0.15, 0.2) is 48.1 Å². The summed E-state index contributed by atoms with van der Waals surface area (Å²) in [6, 6.07) is 6.64. The summed E-state index contributed by atoms with van der Waals surface area (Å²) in [5, 5.41) is 4.79. The highest BCUT2D eigenvalue weighted by Gasteiger charge is 2.12. The molecule has 0 atom stereocenters. The Kier molecular flexibility index (Phi) is 4.38. The maximum Gasteiger partial charge on any atom is 0.230 e. The number of benzene rings is 1. The second-order valence-electron chi connectivity index (χ2n) is 4.73. The van der Waals surface area contributed by atoms with E-state index in [-0.39, 0.29) is 12.0 Å². The molecule has 1 N–H and O–H groups in total. The molecule has 116 valence electrons. The molecule has 1 amide bonds. The largest absolute Gasteiger partial charge is 0.302 e. The molecule has 23 heavy (non-hydrogen) atoms. The van der Waals surface area contributed by atoms with Crippen LogP contribution in [-0.4, -0.2) is 15.9 Å². The number of aromatic nitrogens is 2. The van der Waals surface area contributed by atoms with Crippen molar-refractivity contribution in [3.63, 3.8) is 0 Å². The molecule has 2 heterocycles. The van der Waals surface area contributed by atoms with Crippen LogP contribution in [-0.2, 0) is 11.2 Å². The molecule has 0 bridgehead atoms. The van der Waals surface area contributed by atoms with Crippen molar-refractivity contribution in [3.05, 3.63) is 65.3 Å². The smallest absolute Gasteiger partial charge is 0.230 e. The van der Waals surface area contributed by atoms with Crippen molar-refractivity contribution in [2.45, 2.75) is 6.42 Å². The van der Waals surface area contributed by atoms with E-state index in [2.05, 4.69) is 15.3 Å². The van der Waals surface area contributed by atoms with E-state index in [0.29, 0.717) is 10.8 Å². The van der Waals surface area contributed by atoms with Crippen LogP contribution >= 0.6 is 11.3 Å². The maximum atomic E-state index is 13.5. The van der Waals surface area contributed by atoms with Gasteiger partial charge in [-0.1, -0.05) is 0 Å². The van der Waals surface area contributed by atoms with Crippen LogP contribution < -0.4 is 5.32 Å². The van der Waals surface area contributed by atoms with E-state index < -0.39 is 17.5 Å². The minimum atomic E-state index is -0.613. The summed E-state index contributed by atoms with van der Waals surface area (Å²) in [5.41, 5.74) is 1.60. The number of nitrogens with zero attached hydrogens (tertiary/aromatic N) is 2. The van der Waals surface area contributed by atoms with Crippen molar-refractivity contribution in [2.24, 2.45) is 0 Å². The Bertz CT molecular complexity index is 836. The number of thiazole rings is 1. The molecule has 0 aliphatic carbocycles. The number of halogens is 2. The zero-order chi connectivity index (χ0) is 16.2. The highest BCUT2D eigenvalue weighted by Crippen LogP contribution is 2.24. The standard InChI is InChI=1S/C16H11F2N3OS/c17-12-1-2-13(18)11(7-12)8-15(22)21-16-20-14(9-23-16)10-3-5-19-6-4-10/h1-7,9H,8H2,(H,20,21,22). The van der Waals surface area contributed by atoms with Crippen LogP contribution in [0, 0.1) is 11.6 Å². The third-order valence-corrected chi connectivity index (χ3v) is 3.84. The molecule has 0 saturated heterocycles. The van der Waals surface area contributed by atoms with Crippen molar-refractivity contribution < 1.29 is 13.6 Å². The summed E-state index contributed by atoms with van der Waals surface area (Å²) in [4.78, 5) is 20.2. The number of amides is 1. The average molecular weight is 331 g/mol. The second kappa shape index (κ2) is 6.62. The number of anilines is 1. The van der Waals surface area contributed by atoms with Gasteiger partial charge in [-0.15, -0.1) is 11.3 Å². The van der Waals surface area contributed by atoms with Crippen molar-refractivity contribution in [2.75, 3.05) is 5.32 Å². The number of carbonyl (C=O) groups is 1. The van der Waals surface area contributed by atoms with Gasteiger partial charge in [-0.05, 0) is 30.3 Å². The minimum Gasteiger partial charge on any atom is -0.302 e. The molecular formula is C16H11F2N3OS. The van der Waals surface area contributed by atoms with Crippen LogP contribution in [0.25, 0.3) is 11.3 Å².